The molecule has 1 fully saturated rings. The van der Waals surface area contributed by atoms with Gasteiger partial charge < -0.3 is 24.8 Å². The maximum atomic E-state index is 5.71. The van der Waals surface area contributed by atoms with Crippen LogP contribution in [0.4, 0.5) is 0 Å². The molecule has 0 spiro atoms. The van der Waals surface area contributed by atoms with Crippen molar-refractivity contribution < 1.29 is 14.2 Å². The Labute approximate surface area is 180 Å². The Balaban J connectivity index is 0.00000364. The first-order chi connectivity index (χ1) is 12.8. The molecule has 0 saturated heterocycles. The van der Waals surface area contributed by atoms with E-state index < -0.39 is 0 Å². The summed E-state index contributed by atoms with van der Waals surface area (Å²) < 4.78 is 16.5. The Morgan fingerprint density at radius 2 is 1.81 bits per heavy atom. The van der Waals surface area contributed by atoms with Crippen molar-refractivity contribution in [2.24, 2.45) is 10.9 Å². The minimum atomic E-state index is 0. The Morgan fingerprint density at radius 1 is 1.07 bits per heavy atom. The third-order valence-electron chi connectivity index (χ3n) is 4.05. The molecule has 0 atom stereocenters. The molecule has 1 saturated carbocycles. The first-order valence-corrected chi connectivity index (χ1v) is 9.68. The number of rotatable bonds is 13. The van der Waals surface area contributed by atoms with Gasteiger partial charge in [0.2, 0.25) is 0 Å². The lowest BCUT2D eigenvalue weighted by molar-refractivity contribution is 0.123. The summed E-state index contributed by atoms with van der Waals surface area (Å²) in [7, 11) is 1.66. The number of halogens is 1. The lowest BCUT2D eigenvalue weighted by atomic mass is 10.3. The number of hydrogen-bond acceptors (Lipinski definition) is 4. The molecule has 1 aliphatic rings. The van der Waals surface area contributed by atoms with Gasteiger partial charge in [-0.3, -0.25) is 4.99 Å². The van der Waals surface area contributed by atoms with Crippen LogP contribution in [0.2, 0.25) is 0 Å². The molecule has 0 bridgehead atoms. The zero-order valence-electron chi connectivity index (χ0n) is 16.5. The second-order valence-electron chi connectivity index (χ2n) is 6.44. The van der Waals surface area contributed by atoms with Gasteiger partial charge in [-0.25, -0.2) is 0 Å². The Kier molecular flexibility index (Phi) is 13.0. The minimum absolute atomic E-state index is 0. The fourth-order valence-electron chi connectivity index (χ4n) is 2.37. The van der Waals surface area contributed by atoms with Gasteiger partial charge in [0.05, 0.1) is 13.7 Å². The summed E-state index contributed by atoms with van der Waals surface area (Å²) in [6, 6.07) is 7.63. The summed E-state index contributed by atoms with van der Waals surface area (Å²) >= 11 is 0. The van der Waals surface area contributed by atoms with Crippen molar-refractivity contribution >= 4 is 29.9 Å². The van der Waals surface area contributed by atoms with Crippen LogP contribution < -0.4 is 20.1 Å². The van der Waals surface area contributed by atoms with Crippen LogP contribution in [0.3, 0.4) is 0 Å². The van der Waals surface area contributed by atoms with Crippen molar-refractivity contribution in [1.29, 1.82) is 0 Å². The highest BCUT2D eigenvalue weighted by Crippen LogP contribution is 2.28. The van der Waals surface area contributed by atoms with E-state index in [2.05, 4.69) is 22.5 Å². The van der Waals surface area contributed by atoms with Crippen LogP contribution in [0.1, 0.15) is 32.6 Å². The van der Waals surface area contributed by atoms with Gasteiger partial charge in [0.1, 0.15) is 11.5 Å². The number of nitrogens with one attached hydrogen (secondary N) is 2. The quantitative estimate of drug-likeness (QED) is 0.192. The first-order valence-electron chi connectivity index (χ1n) is 9.68. The van der Waals surface area contributed by atoms with E-state index in [1.165, 1.54) is 12.8 Å². The van der Waals surface area contributed by atoms with Crippen molar-refractivity contribution in [2.75, 3.05) is 46.6 Å². The molecule has 0 heterocycles. The average molecular weight is 491 g/mol. The van der Waals surface area contributed by atoms with Crippen LogP contribution in [0.5, 0.6) is 11.5 Å². The molecule has 0 unspecified atom stereocenters. The number of ether oxygens (including phenoxy) is 3. The summed E-state index contributed by atoms with van der Waals surface area (Å²) in [5.41, 5.74) is 0. The van der Waals surface area contributed by atoms with Gasteiger partial charge in [-0.2, -0.15) is 0 Å². The van der Waals surface area contributed by atoms with Gasteiger partial charge in [-0.05, 0) is 56.4 Å². The Hall–Kier alpha value is -1.22. The van der Waals surface area contributed by atoms with E-state index >= 15 is 0 Å². The van der Waals surface area contributed by atoms with Crippen molar-refractivity contribution in [1.82, 2.24) is 10.6 Å². The van der Waals surface area contributed by atoms with Crippen molar-refractivity contribution in [2.45, 2.75) is 32.6 Å². The zero-order valence-corrected chi connectivity index (χ0v) is 18.9. The van der Waals surface area contributed by atoms with E-state index in [1.807, 2.05) is 24.3 Å². The van der Waals surface area contributed by atoms with E-state index in [0.29, 0.717) is 6.61 Å². The molecule has 0 radical (unpaired) electrons. The summed E-state index contributed by atoms with van der Waals surface area (Å²) in [4.78, 5) is 4.58. The van der Waals surface area contributed by atoms with Crippen LogP contribution >= 0.6 is 24.0 Å². The third kappa shape index (κ3) is 11.3. The molecule has 0 aromatic heterocycles. The normalized spacial score (nSPS) is 13.6. The lowest BCUT2D eigenvalue weighted by Gasteiger charge is -2.11. The second kappa shape index (κ2) is 14.8. The third-order valence-corrected chi connectivity index (χ3v) is 4.05. The van der Waals surface area contributed by atoms with E-state index in [4.69, 9.17) is 14.2 Å². The van der Waals surface area contributed by atoms with Gasteiger partial charge in [0, 0.05) is 39.3 Å². The molecule has 0 amide bonds. The monoisotopic (exact) mass is 491 g/mol. The van der Waals surface area contributed by atoms with Gasteiger partial charge >= 0.3 is 0 Å². The molecule has 2 rings (SSSR count). The summed E-state index contributed by atoms with van der Waals surface area (Å²) in [6.07, 6.45) is 4.56. The molecule has 2 N–H and O–H groups in total. The molecule has 6 nitrogen and oxygen atoms in total. The fourth-order valence-corrected chi connectivity index (χ4v) is 2.37. The van der Waals surface area contributed by atoms with Crippen LogP contribution in [-0.4, -0.2) is 52.5 Å². The molecule has 7 heteroatoms. The van der Waals surface area contributed by atoms with E-state index in [1.54, 1.807) is 7.11 Å². The van der Waals surface area contributed by atoms with Crippen LogP contribution in [0.15, 0.2) is 29.3 Å². The zero-order chi connectivity index (χ0) is 18.5. The lowest BCUT2D eigenvalue weighted by Crippen LogP contribution is -2.38. The number of guanidine groups is 1. The molecule has 154 valence electrons. The van der Waals surface area contributed by atoms with Crippen LogP contribution in [0, 0.1) is 5.92 Å². The van der Waals surface area contributed by atoms with Crippen molar-refractivity contribution in [3.05, 3.63) is 24.3 Å². The first kappa shape index (κ1) is 23.8. The number of aliphatic imine (C=N–C) groups is 1. The predicted molar refractivity (Wildman–Crippen MR) is 121 cm³/mol. The fraction of sp³-hybridized carbons (Fsp3) is 0.650. The highest BCUT2D eigenvalue weighted by molar-refractivity contribution is 14.0. The van der Waals surface area contributed by atoms with Crippen molar-refractivity contribution in [3.63, 3.8) is 0 Å². The standard InChI is InChI=1S/C20H33N3O3.HI/c1-3-21-20(22-12-4-14-25-16-17-6-7-17)23-13-5-15-26-19-10-8-18(24-2)9-11-19;/h8-11,17H,3-7,12-16H2,1-2H3,(H2,21,22,23);1H. The molecule has 27 heavy (non-hydrogen) atoms. The van der Waals surface area contributed by atoms with Gasteiger partial charge in [0.25, 0.3) is 0 Å². The topological polar surface area (TPSA) is 64.1 Å². The largest absolute Gasteiger partial charge is 0.497 e. The molecule has 0 aliphatic heterocycles. The maximum Gasteiger partial charge on any atom is 0.191 e. The van der Waals surface area contributed by atoms with Gasteiger partial charge in [-0.1, -0.05) is 0 Å². The highest BCUT2D eigenvalue weighted by atomic mass is 127. The Bertz CT molecular complexity index is 522. The average Bonchev–Trinajstić information content (AvgIpc) is 3.49. The molecule has 1 aromatic carbocycles. The van der Waals surface area contributed by atoms with Crippen LogP contribution in [-0.2, 0) is 4.74 Å². The predicted octanol–water partition coefficient (Wildman–Crippen LogP) is 3.45. The molecular formula is C20H34IN3O3. The SMILES string of the molecule is CCNC(=NCCCOc1ccc(OC)cc1)NCCCOCC1CC1.I. The summed E-state index contributed by atoms with van der Waals surface area (Å²) in [6.45, 7) is 6.92. The molecule has 1 aromatic rings. The molecule has 1 aliphatic carbocycles. The van der Waals surface area contributed by atoms with E-state index in [-0.39, 0.29) is 24.0 Å². The smallest absolute Gasteiger partial charge is 0.191 e. The van der Waals surface area contributed by atoms with E-state index in [0.717, 1.165) is 69.1 Å². The van der Waals surface area contributed by atoms with Gasteiger partial charge in [-0.15, -0.1) is 24.0 Å². The van der Waals surface area contributed by atoms with Crippen molar-refractivity contribution in [3.8, 4) is 11.5 Å². The summed E-state index contributed by atoms with van der Waals surface area (Å²) in [5.74, 6) is 3.38. The second-order valence-corrected chi connectivity index (χ2v) is 6.44. The highest BCUT2D eigenvalue weighted by Gasteiger charge is 2.20. The maximum absolute atomic E-state index is 5.71. The minimum Gasteiger partial charge on any atom is -0.497 e. The van der Waals surface area contributed by atoms with Crippen LogP contribution in [0.25, 0.3) is 0 Å². The molecular weight excluding hydrogens is 457 g/mol. The summed E-state index contributed by atoms with van der Waals surface area (Å²) in [5, 5.41) is 6.62. The number of hydrogen-bond donors (Lipinski definition) is 2. The Morgan fingerprint density at radius 3 is 2.48 bits per heavy atom. The number of methoxy groups -OCH3 is 1. The van der Waals surface area contributed by atoms with Gasteiger partial charge in [0.15, 0.2) is 5.96 Å². The van der Waals surface area contributed by atoms with E-state index in [9.17, 15) is 0 Å². The number of benzene rings is 1. The number of nitrogens with zero attached hydrogens (tertiary/aromatic N) is 1.